The van der Waals surface area contributed by atoms with Crippen LogP contribution in [0.15, 0.2) is 42.5 Å². The van der Waals surface area contributed by atoms with Crippen molar-refractivity contribution in [3.05, 3.63) is 63.9 Å². The summed E-state index contributed by atoms with van der Waals surface area (Å²) in [5, 5.41) is 3.26. The highest BCUT2D eigenvalue weighted by Crippen LogP contribution is 2.44. The van der Waals surface area contributed by atoms with Crippen molar-refractivity contribution in [2.75, 3.05) is 30.7 Å². The van der Waals surface area contributed by atoms with Crippen LogP contribution in [-0.2, 0) is 0 Å². The van der Waals surface area contributed by atoms with Crippen LogP contribution >= 0.6 is 35.0 Å². The predicted molar refractivity (Wildman–Crippen MR) is 119 cm³/mol. The molecule has 5 nitrogen and oxygen atoms in total. The van der Waals surface area contributed by atoms with E-state index in [0.717, 1.165) is 5.75 Å². The molecule has 2 heterocycles. The Kier molecular flexibility index (Phi) is 6.14. The Morgan fingerprint density at radius 3 is 2.53 bits per heavy atom. The highest BCUT2D eigenvalue weighted by atomic mass is 35.5. The molecule has 0 atom stereocenters. The van der Waals surface area contributed by atoms with Crippen molar-refractivity contribution in [1.82, 2.24) is 9.80 Å². The minimum Gasteiger partial charge on any atom is -0.324 e. The first-order chi connectivity index (χ1) is 14.4. The van der Waals surface area contributed by atoms with E-state index in [4.69, 9.17) is 23.2 Å². The Morgan fingerprint density at radius 1 is 1.07 bits per heavy atom. The van der Waals surface area contributed by atoms with E-state index in [9.17, 15) is 14.0 Å². The van der Waals surface area contributed by atoms with Crippen LogP contribution < -0.4 is 5.32 Å². The van der Waals surface area contributed by atoms with E-state index in [-0.39, 0.29) is 21.8 Å². The fraction of sp³-hybridized carbons (Fsp3) is 0.333. The molecule has 2 fully saturated rings. The van der Waals surface area contributed by atoms with Crippen molar-refractivity contribution in [3.8, 4) is 0 Å². The largest absolute Gasteiger partial charge is 0.324 e. The maximum atomic E-state index is 13.3. The Morgan fingerprint density at radius 2 is 1.83 bits per heavy atom. The van der Waals surface area contributed by atoms with Crippen molar-refractivity contribution >= 4 is 52.6 Å². The molecule has 0 saturated carbocycles. The zero-order valence-corrected chi connectivity index (χ0v) is 18.4. The lowest BCUT2D eigenvalue weighted by atomic mass is 10.0. The van der Waals surface area contributed by atoms with E-state index < -0.39 is 5.82 Å². The van der Waals surface area contributed by atoms with Gasteiger partial charge in [-0.3, -0.25) is 4.79 Å². The van der Waals surface area contributed by atoms with Gasteiger partial charge in [-0.15, -0.1) is 11.8 Å². The van der Waals surface area contributed by atoms with Crippen LogP contribution in [0.3, 0.4) is 0 Å². The summed E-state index contributed by atoms with van der Waals surface area (Å²) in [6, 6.07) is 10.8. The quantitative estimate of drug-likeness (QED) is 0.647. The summed E-state index contributed by atoms with van der Waals surface area (Å²) in [5.74, 6) is 0.311. The number of urea groups is 1. The molecule has 2 aliphatic heterocycles. The second kappa shape index (κ2) is 8.65. The Labute approximate surface area is 188 Å². The third-order valence-corrected chi connectivity index (χ3v) is 7.57. The van der Waals surface area contributed by atoms with E-state index >= 15 is 0 Å². The molecule has 4 rings (SSSR count). The van der Waals surface area contributed by atoms with Crippen LogP contribution in [0.4, 0.5) is 14.9 Å². The molecule has 30 heavy (non-hydrogen) atoms. The average molecular weight is 468 g/mol. The second-order valence-corrected chi connectivity index (χ2v) is 9.61. The number of carbonyl (C=O) groups is 2. The molecule has 0 bridgehead atoms. The Bertz CT molecular complexity index is 982. The molecule has 2 saturated heterocycles. The maximum absolute atomic E-state index is 13.3. The third kappa shape index (κ3) is 4.24. The SMILES string of the molecule is O=C(Nc1ccc(F)c(Cl)c1)N1CCC2(CC1)SCCN2C(=O)c1cccc(Cl)c1. The first-order valence-corrected chi connectivity index (χ1v) is 11.3. The molecular weight excluding hydrogens is 448 g/mol. The number of anilines is 1. The summed E-state index contributed by atoms with van der Waals surface area (Å²) < 4.78 is 13.3. The first kappa shape index (κ1) is 21.3. The van der Waals surface area contributed by atoms with Gasteiger partial charge in [-0.25, -0.2) is 9.18 Å². The molecule has 2 aliphatic rings. The fourth-order valence-electron chi connectivity index (χ4n) is 3.92. The summed E-state index contributed by atoms with van der Waals surface area (Å²) in [5.41, 5.74) is 1.03. The van der Waals surface area contributed by atoms with Gasteiger partial charge in [0.15, 0.2) is 0 Å². The van der Waals surface area contributed by atoms with E-state index in [1.54, 1.807) is 40.9 Å². The van der Waals surface area contributed by atoms with Crippen molar-refractivity contribution in [2.45, 2.75) is 17.7 Å². The standard InChI is InChI=1S/C21H20Cl2FN3O2S/c22-15-3-1-2-14(12-15)19(28)27-10-11-30-21(27)6-8-26(9-7-21)20(29)25-16-4-5-18(24)17(23)13-16/h1-5,12-13H,6-11H2,(H,25,29). The lowest BCUT2D eigenvalue weighted by Crippen LogP contribution is -2.54. The predicted octanol–water partition coefficient (Wildman–Crippen LogP) is 5.35. The van der Waals surface area contributed by atoms with Crippen molar-refractivity contribution in [1.29, 1.82) is 0 Å². The normalized spacial score (nSPS) is 18.0. The number of thioether (sulfide) groups is 1. The molecule has 158 valence electrons. The number of halogens is 3. The summed E-state index contributed by atoms with van der Waals surface area (Å²) in [7, 11) is 0. The van der Waals surface area contributed by atoms with E-state index in [1.165, 1.54) is 18.2 Å². The zero-order chi connectivity index (χ0) is 21.3. The van der Waals surface area contributed by atoms with Gasteiger partial charge in [0, 0.05) is 41.7 Å². The molecule has 3 amide bonds. The van der Waals surface area contributed by atoms with Gasteiger partial charge in [0.25, 0.3) is 5.91 Å². The van der Waals surface area contributed by atoms with Gasteiger partial charge in [-0.05, 0) is 49.2 Å². The smallest absolute Gasteiger partial charge is 0.321 e. The molecular formula is C21H20Cl2FN3O2S. The number of piperidine rings is 1. The van der Waals surface area contributed by atoms with Crippen LogP contribution in [0.2, 0.25) is 10.0 Å². The van der Waals surface area contributed by atoms with Gasteiger partial charge >= 0.3 is 6.03 Å². The Hall–Kier alpha value is -1.96. The monoisotopic (exact) mass is 467 g/mol. The topological polar surface area (TPSA) is 52.7 Å². The first-order valence-electron chi connectivity index (χ1n) is 9.60. The van der Waals surface area contributed by atoms with E-state index in [2.05, 4.69) is 5.32 Å². The molecule has 0 aliphatic carbocycles. The lowest BCUT2D eigenvalue weighted by Gasteiger charge is -2.44. The summed E-state index contributed by atoms with van der Waals surface area (Å²) >= 11 is 13.6. The fourth-order valence-corrected chi connectivity index (χ4v) is 5.75. The number of amides is 3. The van der Waals surface area contributed by atoms with Crippen LogP contribution in [0, 0.1) is 5.82 Å². The lowest BCUT2D eigenvalue weighted by molar-refractivity contribution is 0.0585. The minimum atomic E-state index is -0.530. The highest BCUT2D eigenvalue weighted by Gasteiger charge is 2.47. The van der Waals surface area contributed by atoms with Crippen molar-refractivity contribution in [3.63, 3.8) is 0 Å². The third-order valence-electron chi connectivity index (χ3n) is 5.50. The van der Waals surface area contributed by atoms with Gasteiger partial charge in [0.05, 0.1) is 9.89 Å². The van der Waals surface area contributed by atoms with Crippen molar-refractivity contribution < 1.29 is 14.0 Å². The number of nitrogens with zero attached hydrogens (tertiary/aromatic N) is 2. The van der Waals surface area contributed by atoms with Crippen molar-refractivity contribution in [2.24, 2.45) is 0 Å². The number of carbonyl (C=O) groups excluding carboxylic acids is 2. The minimum absolute atomic E-state index is 0.0265. The number of rotatable bonds is 2. The van der Waals surface area contributed by atoms with E-state index in [0.29, 0.717) is 48.7 Å². The van der Waals surface area contributed by atoms with Gasteiger partial charge < -0.3 is 15.1 Å². The van der Waals surface area contributed by atoms with Crippen LogP contribution in [0.25, 0.3) is 0 Å². The highest BCUT2D eigenvalue weighted by molar-refractivity contribution is 8.00. The Balaban J connectivity index is 1.41. The number of likely N-dealkylation sites (tertiary alicyclic amines) is 1. The van der Waals surface area contributed by atoms with Gasteiger partial charge in [-0.2, -0.15) is 0 Å². The second-order valence-electron chi connectivity index (χ2n) is 7.31. The number of hydrogen-bond donors (Lipinski definition) is 1. The molecule has 0 aromatic heterocycles. The number of benzene rings is 2. The van der Waals surface area contributed by atoms with Gasteiger partial charge in [0.2, 0.25) is 0 Å². The van der Waals surface area contributed by atoms with Crippen LogP contribution in [0.1, 0.15) is 23.2 Å². The molecule has 0 unspecified atom stereocenters. The maximum Gasteiger partial charge on any atom is 0.321 e. The van der Waals surface area contributed by atoms with Gasteiger partial charge in [0.1, 0.15) is 5.82 Å². The average Bonchev–Trinajstić information content (AvgIpc) is 3.13. The number of nitrogens with one attached hydrogen (secondary N) is 1. The summed E-state index contributed by atoms with van der Waals surface area (Å²) in [6.07, 6.45) is 1.36. The summed E-state index contributed by atoms with van der Waals surface area (Å²) in [6.45, 7) is 1.72. The molecule has 2 aromatic carbocycles. The van der Waals surface area contributed by atoms with Crippen LogP contribution in [0.5, 0.6) is 0 Å². The molecule has 9 heteroatoms. The number of hydrogen-bond acceptors (Lipinski definition) is 3. The summed E-state index contributed by atoms with van der Waals surface area (Å²) in [4.78, 5) is 29.1. The molecule has 2 aromatic rings. The van der Waals surface area contributed by atoms with Crippen LogP contribution in [-0.4, -0.2) is 52.0 Å². The van der Waals surface area contributed by atoms with E-state index in [1.807, 2.05) is 4.90 Å². The molecule has 0 radical (unpaired) electrons. The van der Waals surface area contributed by atoms with Gasteiger partial charge in [-0.1, -0.05) is 29.3 Å². The molecule has 1 spiro atoms. The zero-order valence-electron chi connectivity index (χ0n) is 16.0. The molecule has 1 N–H and O–H groups in total.